The summed E-state index contributed by atoms with van der Waals surface area (Å²) in [4.78, 5) is 35.2. The minimum atomic E-state index is -0.464. The number of amides is 1. The van der Waals surface area contributed by atoms with Crippen LogP contribution >= 0.6 is 0 Å². The number of hydrogen-bond acceptors (Lipinski definition) is 5. The van der Waals surface area contributed by atoms with Crippen LogP contribution in [-0.2, 0) is 20.7 Å². The summed E-state index contributed by atoms with van der Waals surface area (Å²) in [5.74, 6) is -0.270. The predicted octanol–water partition coefficient (Wildman–Crippen LogP) is 3.40. The van der Waals surface area contributed by atoms with Crippen LogP contribution in [0.1, 0.15) is 36.2 Å². The Hall–Kier alpha value is -3.15. The van der Waals surface area contributed by atoms with Gasteiger partial charge in [-0.05, 0) is 44.0 Å². The van der Waals surface area contributed by atoms with Gasteiger partial charge in [-0.15, -0.1) is 0 Å². The summed E-state index contributed by atoms with van der Waals surface area (Å²) in [7, 11) is 0. The van der Waals surface area contributed by atoms with Crippen molar-refractivity contribution in [3.05, 3.63) is 59.7 Å². The number of esters is 1. The molecule has 2 aromatic rings. The van der Waals surface area contributed by atoms with Crippen LogP contribution in [0.5, 0.6) is 5.75 Å². The molecule has 0 bridgehead atoms. The number of carbonyl (C=O) groups excluding carboxylic acids is 3. The van der Waals surface area contributed by atoms with E-state index in [1.807, 2.05) is 31.2 Å². The molecule has 6 heteroatoms. The maximum absolute atomic E-state index is 11.9. The molecule has 1 N–H and O–H groups in total. The van der Waals surface area contributed by atoms with Gasteiger partial charge in [-0.3, -0.25) is 14.4 Å². The van der Waals surface area contributed by atoms with Gasteiger partial charge in [0.25, 0.3) is 5.91 Å². The summed E-state index contributed by atoms with van der Waals surface area (Å²) in [5.41, 5.74) is 1.90. The van der Waals surface area contributed by atoms with Gasteiger partial charge in [0.15, 0.2) is 12.4 Å². The standard InChI is InChI=1S/C21H23NO5/c1-3-26-19-10-5-4-7-16(19)11-12-21(25)27-14-20(24)22-18-9-6-8-17(13-18)15(2)23/h4-10,13H,3,11-12,14H2,1-2H3,(H,22,24). The van der Waals surface area contributed by atoms with Crippen LogP contribution in [-0.4, -0.2) is 30.9 Å². The Morgan fingerprint density at radius 3 is 2.56 bits per heavy atom. The Bertz CT molecular complexity index is 816. The van der Waals surface area contributed by atoms with Gasteiger partial charge in [0.05, 0.1) is 6.61 Å². The van der Waals surface area contributed by atoms with Crippen molar-refractivity contribution in [2.24, 2.45) is 0 Å². The van der Waals surface area contributed by atoms with E-state index in [4.69, 9.17) is 9.47 Å². The smallest absolute Gasteiger partial charge is 0.306 e. The number of anilines is 1. The first kappa shape index (κ1) is 20.2. The zero-order chi connectivity index (χ0) is 19.6. The Morgan fingerprint density at radius 2 is 1.81 bits per heavy atom. The molecule has 1 amide bonds. The fourth-order valence-corrected chi connectivity index (χ4v) is 2.47. The molecule has 142 valence electrons. The SMILES string of the molecule is CCOc1ccccc1CCC(=O)OCC(=O)Nc1cccc(C(C)=O)c1. The molecule has 2 rings (SSSR count). The van der Waals surface area contributed by atoms with Crippen LogP contribution in [0.4, 0.5) is 5.69 Å². The van der Waals surface area contributed by atoms with E-state index in [2.05, 4.69) is 5.32 Å². The normalized spacial score (nSPS) is 10.1. The number of carbonyl (C=O) groups is 3. The lowest BCUT2D eigenvalue weighted by molar-refractivity contribution is -0.147. The quantitative estimate of drug-likeness (QED) is 0.541. The highest BCUT2D eigenvalue weighted by atomic mass is 16.5. The zero-order valence-electron chi connectivity index (χ0n) is 15.5. The lowest BCUT2D eigenvalue weighted by atomic mass is 10.1. The third-order valence-corrected chi connectivity index (χ3v) is 3.79. The minimum Gasteiger partial charge on any atom is -0.494 e. The topological polar surface area (TPSA) is 81.7 Å². The Kier molecular flexibility index (Phi) is 7.55. The van der Waals surface area contributed by atoms with Crippen molar-refractivity contribution in [1.29, 1.82) is 0 Å². The number of ether oxygens (including phenoxy) is 2. The van der Waals surface area contributed by atoms with Crippen LogP contribution in [0.2, 0.25) is 0 Å². The Morgan fingerprint density at radius 1 is 1.04 bits per heavy atom. The Balaban J connectivity index is 1.79. The van der Waals surface area contributed by atoms with Crippen LogP contribution in [0.3, 0.4) is 0 Å². The maximum Gasteiger partial charge on any atom is 0.306 e. The van der Waals surface area contributed by atoms with Crippen molar-refractivity contribution in [1.82, 2.24) is 0 Å². The zero-order valence-corrected chi connectivity index (χ0v) is 15.5. The van der Waals surface area contributed by atoms with Gasteiger partial charge in [-0.2, -0.15) is 0 Å². The van der Waals surface area contributed by atoms with Gasteiger partial charge in [-0.1, -0.05) is 30.3 Å². The lowest BCUT2D eigenvalue weighted by Gasteiger charge is -2.10. The molecule has 0 spiro atoms. The predicted molar refractivity (Wildman–Crippen MR) is 102 cm³/mol. The van der Waals surface area contributed by atoms with Crippen molar-refractivity contribution in [2.75, 3.05) is 18.5 Å². The fourth-order valence-electron chi connectivity index (χ4n) is 2.47. The first-order chi connectivity index (χ1) is 13.0. The highest BCUT2D eigenvalue weighted by Crippen LogP contribution is 2.19. The van der Waals surface area contributed by atoms with E-state index in [1.165, 1.54) is 6.92 Å². The molecule has 0 aliphatic rings. The monoisotopic (exact) mass is 369 g/mol. The summed E-state index contributed by atoms with van der Waals surface area (Å²) >= 11 is 0. The lowest BCUT2D eigenvalue weighted by Crippen LogP contribution is -2.21. The first-order valence-electron chi connectivity index (χ1n) is 8.76. The van der Waals surface area contributed by atoms with E-state index >= 15 is 0 Å². The van der Waals surface area contributed by atoms with Crippen LogP contribution in [0.25, 0.3) is 0 Å². The van der Waals surface area contributed by atoms with Crippen molar-refractivity contribution >= 4 is 23.3 Å². The number of rotatable bonds is 9. The molecule has 0 aliphatic carbocycles. The molecule has 0 radical (unpaired) electrons. The third kappa shape index (κ3) is 6.58. The van der Waals surface area contributed by atoms with Gasteiger partial charge >= 0.3 is 5.97 Å². The average molecular weight is 369 g/mol. The van der Waals surface area contributed by atoms with Crippen molar-refractivity contribution in [2.45, 2.75) is 26.7 Å². The molecule has 2 aromatic carbocycles. The largest absolute Gasteiger partial charge is 0.494 e. The van der Waals surface area contributed by atoms with Crippen molar-refractivity contribution in [3.8, 4) is 5.75 Å². The summed E-state index contributed by atoms with van der Waals surface area (Å²) in [6.07, 6.45) is 0.620. The second-order valence-electron chi connectivity index (χ2n) is 5.89. The molecule has 0 fully saturated rings. The minimum absolute atomic E-state index is 0.0927. The number of hydrogen-bond donors (Lipinski definition) is 1. The van der Waals surface area contributed by atoms with Gasteiger partial charge < -0.3 is 14.8 Å². The van der Waals surface area contributed by atoms with Gasteiger partial charge in [0.1, 0.15) is 5.75 Å². The van der Waals surface area contributed by atoms with E-state index in [0.717, 1.165) is 11.3 Å². The molecule has 0 atom stereocenters. The molecule has 0 aliphatic heterocycles. The number of ketones is 1. The first-order valence-corrected chi connectivity index (χ1v) is 8.76. The molecular weight excluding hydrogens is 346 g/mol. The number of Topliss-reactive ketones (excluding diaryl/α,β-unsaturated/α-hetero) is 1. The number of para-hydroxylation sites is 1. The molecule has 0 saturated heterocycles. The summed E-state index contributed by atoms with van der Waals surface area (Å²) in [6, 6.07) is 14.1. The van der Waals surface area contributed by atoms with Crippen LogP contribution < -0.4 is 10.1 Å². The summed E-state index contributed by atoms with van der Waals surface area (Å²) < 4.78 is 10.5. The average Bonchev–Trinajstić information content (AvgIpc) is 2.66. The van der Waals surface area contributed by atoms with Gasteiger partial charge in [0.2, 0.25) is 0 Å². The van der Waals surface area contributed by atoms with E-state index in [-0.39, 0.29) is 18.8 Å². The highest BCUT2D eigenvalue weighted by Gasteiger charge is 2.11. The number of nitrogens with one attached hydrogen (secondary N) is 1. The maximum atomic E-state index is 11.9. The second kappa shape index (κ2) is 10.1. The third-order valence-electron chi connectivity index (χ3n) is 3.79. The number of benzene rings is 2. The van der Waals surface area contributed by atoms with E-state index in [9.17, 15) is 14.4 Å². The van der Waals surface area contributed by atoms with E-state index in [1.54, 1.807) is 24.3 Å². The summed E-state index contributed by atoms with van der Waals surface area (Å²) in [5, 5.41) is 2.60. The second-order valence-corrected chi connectivity index (χ2v) is 5.89. The molecule has 27 heavy (non-hydrogen) atoms. The van der Waals surface area contributed by atoms with Crippen molar-refractivity contribution in [3.63, 3.8) is 0 Å². The van der Waals surface area contributed by atoms with Crippen molar-refractivity contribution < 1.29 is 23.9 Å². The molecule has 0 heterocycles. The molecule has 0 saturated carbocycles. The molecule has 0 aromatic heterocycles. The Labute approximate surface area is 158 Å². The highest BCUT2D eigenvalue weighted by molar-refractivity contribution is 5.97. The molecule has 0 unspecified atom stereocenters. The van der Waals surface area contributed by atoms with Crippen LogP contribution in [0, 0.1) is 0 Å². The molecular formula is C21H23NO5. The van der Waals surface area contributed by atoms with Gasteiger partial charge in [0, 0.05) is 17.7 Å². The fraction of sp³-hybridized carbons (Fsp3) is 0.286. The van der Waals surface area contributed by atoms with Gasteiger partial charge in [-0.25, -0.2) is 0 Å². The van der Waals surface area contributed by atoms with E-state index < -0.39 is 11.9 Å². The molecule has 6 nitrogen and oxygen atoms in total. The van der Waals surface area contributed by atoms with E-state index in [0.29, 0.717) is 24.3 Å². The van der Waals surface area contributed by atoms with Crippen LogP contribution in [0.15, 0.2) is 48.5 Å². The summed E-state index contributed by atoms with van der Waals surface area (Å²) in [6.45, 7) is 3.52. The number of aryl methyl sites for hydroxylation is 1.